The molecule has 0 spiro atoms. The molecule has 1 N–H and O–H groups in total. The van der Waals surface area contributed by atoms with Crippen LogP contribution in [0.2, 0.25) is 0 Å². The molecule has 0 unspecified atom stereocenters. The van der Waals surface area contributed by atoms with Crippen molar-refractivity contribution >= 4 is 17.0 Å². The Morgan fingerprint density at radius 2 is 2.32 bits per heavy atom. The van der Waals surface area contributed by atoms with Crippen molar-refractivity contribution in [2.24, 2.45) is 0 Å². The summed E-state index contributed by atoms with van der Waals surface area (Å²) in [6.07, 6.45) is 0.651. The van der Waals surface area contributed by atoms with Gasteiger partial charge >= 0.3 is 6.09 Å². The normalized spacial score (nSPS) is 14.5. The quantitative estimate of drug-likeness (QED) is 0.854. The molecule has 0 fully saturated rings. The van der Waals surface area contributed by atoms with Gasteiger partial charge in [0.25, 0.3) is 0 Å². The highest BCUT2D eigenvalue weighted by Crippen LogP contribution is 2.29. The van der Waals surface area contributed by atoms with Gasteiger partial charge in [0.05, 0.1) is 13.2 Å². The number of nitrogens with zero attached hydrogens (tertiary/aromatic N) is 1. The topological polar surface area (TPSA) is 45.3 Å². The fourth-order valence-corrected chi connectivity index (χ4v) is 2.76. The molecule has 0 radical (unpaired) electrons. The number of ether oxygens (including phenoxy) is 1. The number of hydrogen-bond donors (Lipinski definition) is 1. The Balaban J connectivity index is 1.98. The average Bonchev–Trinajstić information content (AvgIpc) is 2.78. The molecule has 19 heavy (non-hydrogen) atoms. The van der Waals surface area contributed by atoms with Crippen LogP contribution < -0.4 is 0 Å². The number of aryl methyl sites for hydroxylation is 1. The summed E-state index contributed by atoms with van der Waals surface area (Å²) in [5.74, 6) is 0. The highest BCUT2D eigenvalue weighted by Gasteiger charge is 2.24. The summed E-state index contributed by atoms with van der Waals surface area (Å²) in [7, 11) is 0. The first kappa shape index (κ1) is 12.1. The van der Waals surface area contributed by atoms with Crippen LogP contribution in [0.25, 0.3) is 10.9 Å². The molecule has 4 nitrogen and oxygen atoms in total. The summed E-state index contributed by atoms with van der Waals surface area (Å²) in [6, 6.07) is 6.29. The highest BCUT2D eigenvalue weighted by molar-refractivity contribution is 5.88. The maximum atomic E-state index is 11.8. The van der Waals surface area contributed by atoms with Crippen LogP contribution in [0.4, 0.5) is 4.79 Å². The molecule has 100 valence electrons. The van der Waals surface area contributed by atoms with Gasteiger partial charge in [-0.2, -0.15) is 0 Å². The van der Waals surface area contributed by atoms with E-state index in [-0.39, 0.29) is 6.09 Å². The summed E-state index contributed by atoms with van der Waals surface area (Å²) < 4.78 is 5.09. The highest BCUT2D eigenvalue weighted by atomic mass is 16.6. The van der Waals surface area contributed by atoms with Gasteiger partial charge in [0, 0.05) is 35.1 Å². The second-order valence-electron chi connectivity index (χ2n) is 4.95. The van der Waals surface area contributed by atoms with E-state index in [1.54, 1.807) is 4.90 Å². The van der Waals surface area contributed by atoms with Gasteiger partial charge in [-0.25, -0.2) is 4.79 Å². The van der Waals surface area contributed by atoms with Crippen LogP contribution in [-0.2, 0) is 17.7 Å². The van der Waals surface area contributed by atoms with Crippen LogP contribution in [0.1, 0.15) is 23.7 Å². The molecule has 0 saturated heterocycles. The van der Waals surface area contributed by atoms with Crippen LogP contribution >= 0.6 is 0 Å². The van der Waals surface area contributed by atoms with Crippen LogP contribution in [0, 0.1) is 6.92 Å². The number of carbonyl (C=O) groups is 1. The maximum absolute atomic E-state index is 11.8. The molecule has 1 aromatic carbocycles. The molecular weight excluding hydrogens is 240 g/mol. The predicted molar refractivity (Wildman–Crippen MR) is 74.2 cm³/mol. The van der Waals surface area contributed by atoms with Crippen molar-refractivity contribution in [3.05, 3.63) is 35.0 Å². The molecule has 0 bridgehead atoms. The molecule has 1 aliphatic heterocycles. The predicted octanol–water partition coefficient (Wildman–Crippen LogP) is 2.99. The Morgan fingerprint density at radius 1 is 1.47 bits per heavy atom. The molecule has 0 atom stereocenters. The zero-order valence-corrected chi connectivity index (χ0v) is 11.3. The summed E-state index contributed by atoms with van der Waals surface area (Å²) >= 11 is 0. The number of aromatic amines is 1. The zero-order valence-electron chi connectivity index (χ0n) is 11.3. The minimum Gasteiger partial charge on any atom is -0.450 e. The third kappa shape index (κ3) is 1.97. The second kappa shape index (κ2) is 4.61. The van der Waals surface area contributed by atoms with Crippen LogP contribution in [-0.4, -0.2) is 29.1 Å². The minimum atomic E-state index is -0.213. The van der Waals surface area contributed by atoms with Crippen LogP contribution in [0.15, 0.2) is 18.2 Å². The molecule has 2 aromatic rings. The van der Waals surface area contributed by atoms with Gasteiger partial charge in [0.2, 0.25) is 0 Å². The first-order valence-corrected chi connectivity index (χ1v) is 6.71. The van der Waals surface area contributed by atoms with Crippen molar-refractivity contribution in [2.45, 2.75) is 26.8 Å². The molecule has 4 heteroatoms. The molecule has 0 aliphatic carbocycles. The summed E-state index contributed by atoms with van der Waals surface area (Å²) in [5.41, 5.74) is 4.93. The van der Waals surface area contributed by atoms with E-state index in [1.807, 2.05) is 6.92 Å². The Morgan fingerprint density at radius 3 is 3.11 bits per heavy atom. The lowest BCUT2D eigenvalue weighted by atomic mass is 10.0. The smallest absolute Gasteiger partial charge is 0.410 e. The van der Waals surface area contributed by atoms with Crippen molar-refractivity contribution in [1.82, 2.24) is 9.88 Å². The number of fused-ring (bicyclic) bond motifs is 3. The van der Waals surface area contributed by atoms with Crippen molar-refractivity contribution in [1.29, 1.82) is 0 Å². The number of H-pyrrole nitrogens is 1. The van der Waals surface area contributed by atoms with Gasteiger partial charge in [-0.3, -0.25) is 0 Å². The summed E-state index contributed by atoms with van der Waals surface area (Å²) in [4.78, 5) is 17.1. The summed E-state index contributed by atoms with van der Waals surface area (Å²) in [5, 5.41) is 1.23. The molecule has 1 aromatic heterocycles. The van der Waals surface area contributed by atoms with E-state index in [2.05, 4.69) is 30.1 Å². The number of rotatable bonds is 1. The van der Waals surface area contributed by atoms with Crippen molar-refractivity contribution in [2.75, 3.05) is 13.2 Å². The van der Waals surface area contributed by atoms with Crippen molar-refractivity contribution in [3.8, 4) is 0 Å². The second-order valence-corrected chi connectivity index (χ2v) is 4.95. The van der Waals surface area contributed by atoms with Gasteiger partial charge in [-0.1, -0.05) is 18.2 Å². The number of carbonyl (C=O) groups excluding carboxylic acids is 1. The van der Waals surface area contributed by atoms with E-state index >= 15 is 0 Å². The Bertz CT molecular complexity index is 630. The molecule has 2 heterocycles. The van der Waals surface area contributed by atoms with E-state index in [4.69, 9.17) is 4.74 Å². The monoisotopic (exact) mass is 258 g/mol. The standard InChI is InChI=1S/C15H18N2O2/c1-3-19-15(18)17-8-7-13-12(9-17)11-6-4-5-10(2)14(11)16-13/h4-6,16H,3,7-9H2,1-2H3. The first-order chi connectivity index (χ1) is 9.20. The summed E-state index contributed by atoms with van der Waals surface area (Å²) in [6.45, 7) is 5.72. The average molecular weight is 258 g/mol. The molecule has 1 aliphatic rings. The Hall–Kier alpha value is -1.97. The zero-order chi connectivity index (χ0) is 13.4. The molecule has 3 rings (SSSR count). The fourth-order valence-electron chi connectivity index (χ4n) is 2.76. The lowest BCUT2D eigenvalue weighted by molar-refractivity contribution is 0.103. The number of amides is 1. The van der Waals surface area contributed by atoms with Crippen molar-refractivity contribution in [3.63, 3.8) is 0 Å². The van der Waals surface area contributed by atoms with Gasteiger partial charge in [-0.15, -0.1) is 0 Å². The first-order valence-electron chi connectivity index (χ1n) is 6.71. The largest absolute Gasteiger partial charge is 0.450 e. The van der Waals surface area contributed by atoms with Gasteiger partial charge in [0.1, 0.15) is 0 Å². The third-order valence-corrected chi connectivity index (χ3v) is 3.74. The number of hydrogen-bond acceptors (Lipinski definition) is 2. The Kier molecular flexibility index (Phi) is 2.93. The van der Waals surface area contributed by atoms with Crippen LogP contribution in [0.3, 0.4) is 0 Å². The SMILES string of the molecule is CCOC(=O)N1CCc2[nH]c3c(C)cccc3c2C1. The number of benzene rings is 1. The number of nitrogens with one attached hydrogen (secondary N) is 1. The lowest BCUT2D eigenvalue weighted by Gasteiger charge is -2.26. The number of para-hydroxylation sites is 1. The van der Waals surface area contributed by atoms with E-state index in [0.29, 0.717) is 13.2 Å². The third-order valence-electron chi connectivity index (χ3n) is 3.74. The number of aromatic nitrogens is 1. The van der Waals surface area contributed by atoms with Crippen LogP contribution in [0.5, 0.6) is 0 Å². The van der Waals surface area contributed by atoms with E-state index in [0.717, 1.165) is 13.0 Å². The Labute approximate surface area is 112 Å². The van der Waals surface area contributed by atoms with E-state index in [9.17, 15) is 4.79 Å². The minimum absolute atomic E-state index is 0.213. The molecule has 0 saturated carbocycles. The van der Waals surface area contributed by atoms with Gasteiger partial charge in [0.15, 0.2) is 0 Å². The molecule has 1 amide bonds. The van der Waals surface area contributed by atoms with Gasteiger partial charge in [-0.05, 0) is 19.4 Å². The van der Waals surface area contributed by atoms with E-state index < -0.39 is 0 Å². The van der Waals surface area contributed by atoms with E-state index in [1.165, 1.54) is 27.7 Å². The van der Waals surface area contributed by atoms with Crippen molar-refractivity contribution < 1.29 is 9.53 Å². The van der Waals surface area contributed by atoms with Gasteiger partial charge < -0.3 is 14.6 Å². The fraction of sp³-hybridized carbons (Fsp3) is 0.400. The lowest BCUT2D eigenvalue weighted by Crippen LogP contribution is -2.36. The maximum Gasteiger partial charge on any atom is 0.410 e. The molecular formula is C15H18N2O2.